The maximum Gasteiger partial charge on any atom is 0.286 e. The van der Waals surface area contributed by atoms with Crippen LogP contribution in [0.5, 0.6) is 0 Å². The monoisotopic (exact) mass is 405 g/mol. The molecule has 3 rings (SSSR count). The van der Waals surface area contributed by atoms with Gasteiger partial charge in [0.1, 0.15) is 0 Å². The van der Waals surface area contributed by atoms with E-state index in [1.807, 2.05) is 31.2 Å². The van der Waals surface area contributed by atoms with Gasteiger partial charge in [-0.25, -0.2) is 0 Å². The number of aryl methyl sites for hydroxylation is 1. The number of benzene rings is 2. The predicted octanol–water partition coefficient (Wildman–Crippen LogP) is 3.99. The molecule has 0 saturated carbocycles. The van der Waals surface area contributed by atoms with Crippen molar-refractivity contribution in [1.29, 1.82) is 0 Å². The maximum atomic E-state index is 12.7. The molecule has 2 aromatic carbocycles. The quantitative estimate of drug-likeness (QED) is 0.493. The Morgan fingerprint density at radius 2 is 1.73 bits per heavy atom. The number of furan rings is 1. The summed E-state index contributed by atoms with van der Waals surface area (Å²) in [4.78, 5) is 36.7. The van der Waals surface area contributed by atoms with Gasteiger partial charge in [-0.05, 0) is 55.3 Å². The van der Waals surface area contributed by atoms with Gasteiger partial charge in [-0.2, -0.15) is 0 Å². The zero-order valence-corrected chi connectivity index (χ0v) is 16.6. The number of amides is 3. The molecule has 0 aliphatic heterocycles. The lowest BCUT2D eigenvalue weighted by molar-refractivity contribution is -0.116. The molecule has 0 radical (unpaired) electrons. The normalized spacial score (nSPS) is 10.3. The summed E-state index contributed by atoms with van der Waals surface area (Å²) in [5.74, 6) is -0.633. The second-order valence-corrected chi connectivity index (χ2v) is 6.75. The summed E-state index contributed by atoms with van der Waals surface area (Å²) < 4.78 is 5.01. The van der Waals surface area contributed by atoms with Gasteiger partial charge in [0.05, 0.1) is 17.5 Å². The van der Waals surface area contributed by atoms with Gasteiger partial charge in [-0.15, -0.1) is 0 Å². The number of nitrogens with one attached hydrogen (secondary N) is 3. The Balaban J connectivity index is 1.51. The molecule has 30 heavy (non-hydrogen) atoms. The SMILES string of the molecule is Cc1cccc(NC(=O)c2ccccc2NC(=O)CCCNC(=O)c2ccco2)c1. The van der Waals surface area contributed by atoms with Crippen molar-refractivity contribution in [1.82, 2.24) is 5.32 Å². The Bertz CT molecular complexity index is 1030. The molecule has 0 bridgehead atoms. The summed E-state index contributed by atoms with van der Waals surface area (Å²) in [6.45, 7) is 2.28. The summed E-state index contributed by atoms with van der Waals surface area (Å²) in [6.07, 6.45) is 2.08. The van der Waals surface area contributed by atoms with Gasteiger partial charge in [0.25, 0.3) is 11.8 Å². The Kier molecular flexibility index (Phi) is 7.00. The fourth-order valence-corrected chi connectivity index (χ4v) is 2.87. The van der Waals surface area contributed by atoms with E-state index in [1.165, 1.54) is 6.26 Å². The van der Waals surface area contributed by atoms with E-state index in [4.69, 9.17) is 4.42 Å². The molecule has 0 unspecified atom stereocenters. The van der Waals surface area contributed by atoms with Crippen LogP contribution < -0.4 is 16.0 Å². The molecule has 0 atom stereocenters. The number of rotatable bonds is 8. The molecule has 7 nitrogen and oxygen atoms in total. The van der Waals surface area contributed by atoms with Gasteiger partial charge in [0.2, 0.25) is 5.91 Å². The second-order valence-electron chi connectivity index (χ2n) is 6.75. The summed E-state index contributed by atoms with van der Waals surface area (Å²) in [5, 5.41) is 8.31. The Morgan fingerprint density at radius 1 is 0.900 bits per heavy atom. The smallest absolute Gasteiger partial charge is 0.286 e. The minimum Gasteiger partial charge on any atom is -0.459 e. The van der Waals surface area contributed by atoms with Crippen LogP contribution in [0.1, 0.15) is 39.3 Å². The van der Waals surface area contributed by atoms with Crippen LogP contribution in [0.15, 0.2) is 71.3 Å². The Morgan fingerprint density at radius 3 is 2.50 bits per heavy atom. The number of carbonyl (C=O) groups is 3. The molecule has 3 amide bonds. The summed E-state index contributed by atoms with van der Waals surface area (Å²) in [7, 11) is 0. The van der Waals surface area contributed by atoms with Gasteiger partial charge in [-0.1, -0.05) is 24.3 Å². The fraction of sp³-hybridized carbons (Fsp3) is 0.174. The lowest BCUT2D eigenvalue weighted by Gasteiger charge is -2.12. The van der Waals surface area contributed by atoms with E-state index in [9.17, 15) is 14.4 Å². The fourth-order valence-electron chi connectivity index (χ4n) is 2.87. The lowest BCUT2D eigenvalue weighted by atomic mass is 10.1. The van der Waals surface area contributed by atoms with Crippen molar-refractivity contribution in [2.45, 2.75) is 19.8 Å². The van der Waals surface area contributed by atoms with Gasteiger partial charge in [-0.3, -0.25) is 14.4 Å². The van der Waals surface area contributed by atoms with Gasteiger partial charge in [0.15, 0.2) is 5.76 Å². The first-order chi connectivity index (χ1) is 14.5. The molecule has 3 N–H and O–H groups in total. The van der Waals surface area contributed by atoms with Crippen molar-refractivity contribution >= 4 is 29.1 Å². The van der Waals surface area contributed by atoms with E-state index in [-0.39, 0.29) is 29.9 Å². The van der Waals surface area contributed by atoms with Crippen molar-refractivity contribution in [3.63, 3.8) is 0 Å². The molecule has 0 aliphatic carbocycles. The summed E-state index contributed by atoms with van der Waals surface area (Å²) in [5.41, 5.74) is 2.53. The highest BCUT2D eigenvalue weighted by Gasteiger charge is 2.14. The first kappa shape index (κ1) is 20.9. The number of hydrogen-bond donors (Lipinski definition) is 3. The highest BCUT2D eigenvalue weighted by Crippen LogP contribution is 2.18. The molecule has 3 aromatic rings. The number of para-hydroxylation sites is 1. The number of carbonyl (C=O) groups excluding carboxylic acids is 3. The highest BCUT2D eigenvalue weighted by atomic mass is 16.3. The number of hydrogen-bond acceptors (Lipinski definition) is 4. The van der Waals surface area contributed by atoms with Crippen LogP contribution >= 0.6 is 0 Å². The minimum atomic E-state index is -0.321. The first-order valence-electron chi connectivity index (χ1n) is 9.61. The standard InChI is InChI=1S/C23H23N3O4/c1-16-7-4-8-17(15-16)25-22(28)18-9-2-3-10-19(18)26-21(27)12-5-13-24-23(29)20-11-6-14-30-20/h2-4,6-11,14-15H,5,12-13H2,1H3,(H,24,29)(H,25,28)(H,26,27). The predicted molar refractivity (Wildman–Crippen MR) is 114 cm³/mol. The molecule has 1 heterocycles. The van der Waals surface area contributed by atoms with Crippen LogP contribution in [0.3, 0.4) is 0 Å². The molecular formula is C23H23N3O4. The minimum absolute atomic E-state index is 0.201. The van der Waals surface area contributed by atoms with Crippen LogP contribution in [0.4, 0.5) is 11.4 Å². The zero-order chi connectivity index (χ0) is 21.3. The van der Waals surface area contributed by atoms with Crippen LogP contribution in [-0.2, 0) is 4.79 Å². The van der Waals surface area contributed by atoms with Crippen LogP contribution in [0.2, 0.25) is 0 Å². The van der Waals surface area contributed by atoms with Crippen LogP contribution in [0, 0.1) is 6.92 Å². The van der Waals surface area contributed by atoms with E-state index in [0.29, 0.717) is 29.9 Å². The third-order valence-electron chi connectivity index (χ3n) is 4.33. The molecule has 0 fully saturated rings. The highest BCUT2D eigenvalue weighted by molar-refractivity contribution is 6.10. The van der Waals surface area contributed by atoms with Crippen LogP contribution in [0.25, 0.3) is 0 Å². The molecule has 0 aliphatic rings. The van der Waals surface area contributed by atoms with Crippen LogP contribution in [-0.4, -0.2) is 24.3 Å². The lowest BCUT2D eigenvalue weighted by Crippen LogP contribution is -2.25. The average molecular weight is 405 g/mol. The van der Waals surface area contributed by atoms with Gasteiger partial charge >= 0.3 is 0 Å². The second kappa shape index (κ2) is 10.1. The van der Waals surface area contributed by atoms with Crippen molar-refractivity contribution < 1.29 is 18.8 Å². The van der Waals surface area contributed by atoms with Gasteiger partial charge < -0.3 is 20.4 Å². The topological polar surface area (TPSA) is 100 Å². The van der Waals surface area contributed by atoms with E-state index in [0.717, 1.165) is 5.56 Å². The van der Waals surface area contributed by atoms with Crippen molar-refractivity contribution in [2.24, 2.45) is 0 Å². The maximum absolute atomic E-state index is 12.7. The van der Waals surface area contributed by atoms with Crippen molar-refractivity contribution in [3.05, 3.63) is 83.8 Å². The zero-order valence-electron chi connectivity index (χ0n) is 16.6. The average Bonchev–Trinajstić information content (AvgIpc) is 3.26. The van der Waals surface area contributed by atoms with E-state index in [2.05, 4.69) is 16.0 Å². The molecular weight excluding hydrogens is 382 g/mol. The van der Waals surface area contributed by atoms with Crippen molar-refractivity contribution in [2.75, 3.05) is 17.2 Å². The molecule has 7 heteroatoms. The van der Waals surface area contributed by atoms with E-state index < -0.39 is 0 Å². The van der Waals surface area contributed by atoms with E-state index in [1.54, 1.807) is 36.4 Å². The third-order valence-corrected chi connectivity index (χ3v) is 4.33. The molecule has 0 spiro atoms. The first-order valence-corrected chi connectivity index (χ1v) is 9.61. The molecule has 154 valence electrons. The Hall–Kier alpha value is -3.87. The van der Waals surface area contributed by atoms with Gasteiger partial charge in [0, 0.05) is 18.7 Å². The Labute approximate surface area is 174 Å². The summed E-state index contributed by atoms with van der Waals surface area (Å²) in [6, 6.07) is 17.5. The number of anilines is 2. The van der Waals surface area contributed by atoms with E-state index >= 15 is 0 Å². The largest absolute Gasteiger partial charge is 0.459 e. The molecule has 1 aromatic heterocycles. The van der Waals surface area contributed by atoms with Crippen molar-refractivity contribution in [3.8, 4) is 0 Å². The third kappa shape index (κ3) is 5.81. The summed E-state index contributed by atoms with van der Waals surface area (Å²) >= 11 is 0. The molecule has 0 saturated heterocycles.